The van der Waals surface area contributed by atoms with E-state index in [1.807, 2.05) is 6.07 Å². The summed E-state index contributed by atoms with van der Waals surface area (Å²) >= 11 is 0. The Hall–Kier alpha value is -2.13. The van der Waals surface area contributed by atoms with Gasteiger partial charge in [0.25, 0.3) is 0 Å². The van der Waals surface area contributed by atoms with Crippen LogP contribution in [0.3, 0.4) is 0 Å². The second-order valence-corrected chi connectivity index (χ2v) is 4.15. The van der Waals surface area contributed by atoms with Gasteiger partial charge >= 0.3 is 0 Å². The Morgan fingerprint density at radius 3 is 2.44 bits per heavy atom. The third-order valence-corrected chi connectivity index (χ3v) is 2.91. The lowest BCUT2D eigenvalue weighted by molar-refractivity contribution is 0.103. The van der Waals surface area contributed by atoms with Crippen molar-refractivity contribution in [1.82, 2.24) is 0 Å². The SMILES string of the molecule is Cc1cc(C(=O)c2ccccc2)c(O)cc1CO. The fourth-order valence-corrected chi connectivity index (χ4v) is 1.84. The number of aryl methyl sites for hydroxylation is 1. The minimum Gasteiger partial charge on any atom is -0.507 e. The highest BCUT2D eigenvalue weighted by molar-refractivity contribution is 6.10. The third-order valence-electron chi connectivity index (χ3n) is 2.91. The van der Waals surface area contributed by atoms with E-state index in [-0.39, 0.29) is 23.7 Å². The molecule has 0 bridgehead atoms. The van der Waals surface area contributed by atoms with Crippen molar-refractivity contribution in [2.45, 2.75) is 13.5 Å². The smallest absolute Gasteiger partial charge is 0.196 e. The summed E-state index contributed by atoms with van der Waals surface area (Å²) in [4.78, 5) is 12.2. The quantitative estimate of drug-likeness (QED) is 0.813. The number of rotatable bonds is 3. The van der Waals surface area contributed by atoms with Crippen LogP contribution < -0.4 is 0 Å². The number of carbonyl (C=O) groups is 1. The molecular weight excluding hydrogens is 228 g/mol. The van der Waals surface area contributed by atoms with Gasteiger partial charge in [-0.2, -0.15) is 0 Å². The highest BCUT2D eigenvalue weighted by atomic mass is 16.3. The van der Waals surface area contributed by atoms with Gasteiger partial charge in [-0.1, -0.05) is 30.3 Å². The molecule has 0 amide bonds. The van der Waals surface area contributed by atoms with Crippen LogP contribution in [0.2, 0.25) is 0 Å². The number of phenolic OH excluding ortho intramolecular Hbond substituents is 1. The maximum atomic E-state index is 12.2. The van der Waals surface area contributed by atoms with Crippen LogP contribution in [0.5, 0.6) is 5.75 Å². The van der Waals surface area contributed by atoms with E-state index in [0.29, 0.717) is 11.1 Å². The Kier molecular flexibility index (Phi) is 3.44. The molecule has 0 saturated carbocycles. The van der Waals surface area contributed by atoms with Crippen LogP contribution >= 0.6 is 0 Å². The van der Waals surface area contributed by atoms with Crippen molar-refractivity contribution in [2.75, 3.05) is 0 Å². The first-order valence-corrected chi connectivity index (χ1v) is 5.66. The van der Waals surface area contributed by atoms with Crippen molar-refractivity contribution in [1.29, 1.82) is 0 Å². The predicted octanol–water partition coefficient (Wildman–Crippen LogP) is 2.42. The molecule has 0 heterocycles. The second-order valence-electron chi connectivity index (χ2n) is 4.15. The lowest BCUT2D eigenvalue weighted by Gasteiger charge is -2.08. The van der Waals surface area contributed by atoms with Crippen molar-refractivity contribution < 1.29 is 15.0 Å². The molecule has 0 aliphatic rings. The molecule has 18 heavy (non-hydrogen) atoms. The number of hydrogen-bond donors (Lipinski definition) is 2. The van der Waals surface area contributed by atoms with Crippen LogP contribution in [0.4, 0.5) is 0 Å². The highest BCUT2D eigenvalue weighted by Crippen LogP contribution is 2.25. The number of aliphatic hydroxyl groups is 1. The summed E-state index contributed by atoms with van der Waals surface area (Å²) in [6, 6.07) is 11.8. The Labute approximate surface area is 105 Å². The van der Waals surface area contributed by atoms with Crippen molar-refractivity contribution in [3.63, 3.8) is 0 Å². The molecule has 2 rings (SSSR count). The molecule has 92 valence electrons. The molecule has 0 spiro atoms. The molecule has 0 aliphatic heterocycles. The summed E-state index contributed by atoms with van der Waals surface area (Å²) < 4.78 is 0. The topological polar surface area (TPSA) is 57.5 Å². The summed E-state index contributed by atoms with van der Waals surface area (Å²) in [5.41, 5.74) is 2.20. The summed E-state index contributed by atoms with van der Waals surface area (Å²) in [5.74, 6) is -0.320. The van der Waals surface area contributed by atoms with E-state index < -0.39 is 0 Å². The molecule has 0 aliphatic carbocycles. The first-order valence-electron chi connectivity index (χ1n) is 5.66. The molecule has 2 N–H and O–H groups in total. The van der Waals surface area contributed by atoms with Crippen molar-refractivity contribution in [3.8, 4) is 5.75 Å². The first kappa shape index (κ1) is 12.3. The highest BCUT2D eigenvalue weighted by Gasteiger charge is 2.15. The molecule has 2 aromatic rings. The maximum Gasteiger partial charge on any atom is 0.196 e. The Morgan fingerprint density at radius 1 is 1.17 bits per heavy atom. The van der Waals surface area contributed by atoms with Crippen molar-refractivity contribution in [3.05, 3.63) is 64.7 Å². The average molecular weight is 242 g/mol. The van der Waals surface area contributed by atoms with E-state index in [1.165, 1.54) is 6.07 Å². The van der Waals surface area contributed by atoms with E-state index >= 15 is 0 Å². The van der Waals surface area contributed by atoms with Crippen LogP contribution in [0.15, 0.2) is 42.5 Å². The van der Waals surface area contributed by atoms with E-state index in [4.69, 9.17) is 5.11 Å². The molecule has 3 nitrogen and oxygen atoms in total. The summed E-state index contributed by atoms with van der Waals surface area (Å²) in [7, 11) is 0. The van der Waals surface area contributed by atoms with Crippen LogP contribution in [-0.2, 0) is 6.61 Å². The lowest BCUT2D eigenvalue weighted by Crippen LogP contribution is -2.03. The first-order chi connectivity index (χ1) is 8.63. The second kappa shape index (κ2) is 5.02. The minimum atomic E-state index is -0.222. The lowest BCUT2D eigenvalue weighted by atomic mass is 9.98. The van der Waals surface area contributed by atoms with Gasteiger partial charge in [-0.15, -0.1) is 0 Å². The third kappa shape index (κ3) is 2.26. The minimum absolute atomic E-state index is 0.0986. The number of benzene rings is 2. The predicted molar refractivity (Wildman–Crippen MR) is 68.6 cm³/mol. The molecule has 2 aromatic carbocycles. The molecule has 3 heteroatoms. The van der Waals surface area contributed by atoms with Crippen LogP contribution in [0.25, 0.3) is 0 Å². The number of ketones is 1. The number of phenols is 1. The summed E-state index contributed by atoms with van der Waals surface area (Å²) in [6.45, 7) is 1.64. The van der Waals surface area contributed by atoms with Gasteiger partial charge in [0.1, 0.15) is 5.75 Å². The van der Waals surface area contributed by atoms with E-state index in [2.05, 4.69) is 0 Å². The van der Waals surface area contributed by atoms with Crippen molar-refractivity contribution in [2.24, 2.45) is 0 Å². The monoisotopic (exact) mass is 242 g/mol. The van der Waals surface area contributed by atoms with E-state index in [1.54, 1.807) is 37.3 Å². The van der Waals surface area contributed by atoms with Gasteiger partial charge in [0.15, 0.2) is 5.78 Å². The van der Waals surface area contributed by atoms with E-state index in [9.17, 15) is 9.90 Å². The standard InChI is InChI=1S/C15H14O3/c1-10-7-13(14(17)8-12(10)9-16)15(18)11-5-3-2-4-6-11/h2-8,16-17H,9H2,1H3. The molecular formula is C15H14O3. The fourth-order valence-electron chi connectivity index (χ4n) is 1.84. The van der Waals surface area contributed by atoms with Gasteiger partial charge < -0.3 is 10.2 Å². The number of carbonyl (C=O) groups excluding carboxylic acids is 1. The van der Waals surface area contributed by atoms with Gasteiger partial charge in [-0.05, 0) is 30.2 Å². The number of hydrogen-bond acceptors (Lipinski definition) is 3. The average Bonchev–Trinajstić information content (AvgIpc) is 2.41. The molecule has 0 aromatic heterocycles. The van der Waals surface area contributed by atoms with Gasteiger partial charge in [-0.3, -0.25) is 4.79 Å². The Morgan fingerprint density at radius 2 is 1.83 bits per heavy atom. The van der Waals surface area contributed by atoms with Crippen molar-refractivity contribution >= 4 is 5.78 Å². The summed E-state index contributed by atoms with van der Waals surface area (Å²) in [6.07, 6.45) is 0. The number of aromatic hydroxyl groups is 1. The zero-order chi connectivity index (χ0) is 13.1. The van der Waals surface area contributed by atoms with Crippen LogP contribution in [0, 0.1) is 6.92 Å². The molecule has 0 unspecified atom stereocenters. The van der Waals surface area contributed by atoms with E-state index in [0.717, 1.165) is 5.56 Å². The summed E-state index contributed by atoms with van der Waals surface area (Å²) in [5, 5.41) is 18.9. The zero-order valence-electron chi connectivity index (χ0n) is 10.1. The largest absolute Gasteiger partial charge is 0.507 e. The number of aliphatic hydroxyl groups excluding tert-OH is 1. The molecule has 0 atom stereocenters. The van der Waals surface area contributed by atoms with Gasteiger partial charge in [-0.25, -0.2) is 0 Å². The van der Waals surface area contributed by atoms with Crippen LogP contribution in [-0.4, -0.2) is 16.0 Å². The molecule has 0 radical (unpaired) electrons. The Bertz CT molecular complexity index is 574. The van der Waals surface area contributed by atoms with Gasteiger partial charge in [0.2, 0.25) is 0 Å². The molecule has 0 saturated heterocycles. The van der Waals surface area contributed by atoms with Crippen LogP contribution in [0.1, 0.15) is 27.0 Å². The maximum absolute atomic E-state index is 12.2. The van der Waals surface area contributed by atoms with Gasteiger partial charge in [0.05, 0.1) is 12.2 Å². The fraction of sp³-hybridized carbons (Fsp3) is 0.133. The van der Waals surface area contributed by atoms with Gasteiger partial charge in [0, 0.05) is 5.56 Å². The Balaban J connectivity index is 2.46. The normalized spacial score (nSPS) is 10.3. The zero-order valence-corrected chi connectivity index (χ0v) is 10.1. The molecule has 0 fully saturated rings.